The van der Waals surface area contributed by atoms with Crippen molar-refractivity contribution in [3.8, 4) is 5.75 Å². The third kappa shape index (κ3) is 4.71. The van der Waals surface area contributed by atoms with Crippen LogP contribution in [0, 0.1) is 13.8 Å². The number of methoxy groups -OCH3 is 1. The Bertz CT molecular complexity index is 998. The summed E-state index contributed by atoms with van der Waals surface area (Å²) in [6, 6.07) is 9.67. The lowest BCUT2D eigenvalue weighted by Gasteiger charge is -2.16. The quantitative estimate of drug-likeness (QED) is 0.721. The summed E-state index contributed by atoms with van der Waals surface area (Å²) in [5, 5.41) is 2.83. The summed E-state index contributed by atoms with van der Waals surface area (Å²) < 4.78 is 39.3. The topological polar surface area (TPSA) is 93.7 Å². The zero-order valence-electron chi connectivity index (χ0n) is 16.8. The molecule has 0 radical (unpaired) electrons. The molecule has 1 unspecified atom stereocenters. The van der Waals surface area contributed by atoms with Crippen LogP contribution in [0.25, 0.3) is 0 Å². The van der Waals surface area contributed by atoms with E-state index in [1.54, 1.807) is 51.3 Å². The van der Waals surface area contributed by atoms with Crippen LogP contribution in [0.15, 0.2) is 41.3 Å². The first kappa shape index (κ1) is 21.1. The molecule has 0 aromatic heterocycles. The molecule has 1 aliphatic heterocycles. The van der Waals surface area contributed by atoms with Crippen LogP contribution in [-0.2, 0) is 14.8 Å². The average Bonchev–Trinajstić information content (AvgIpc) is 3.21. The number of carbonyl (C=O) groups is 1. The number of benzene rings is 2. The molecule has 7 nitrogen and oxygen atoms in total. The lowest BCUT2D eigenvalue weighted by atomic mass is 10.1. The van der Waals surface area contributed by atoms with Gasteiger partial charge in [-0.2, -0.15) is 0 Å². The van der Waals surface area contributed by atoms with Crippen molar-refractivity contribution < 1.29 is 22.7 Å². The van der Waals surface area contributed by atoms with Crippen LogP contribution in [0.2, 0.25) is 0 Å². The zero-order valence-corrected chi connectivity index (χ0v) is 17.6. The Hall–Kier alpha value is -2.58. The number of carbonyl (C=O) groups excluding carboxylic acids is 1. The zero-order chi connectivity index (χ0) is 21.0. The molecule has 0 bridgehead atoms. The highest BCUT2D eigenvalue weighted by molar-refractivity contribution is 7.92. The van der Waals surface area contributed by atoms with Gasteiger partial charge < -0.3 is 14.8 Å². The summed E-state index contributed by atoms with van der Waals surface area (Å²) in [7, 11) is -2.35. The molecule has 1 amide bonds. The Labute approximate surface area is 171 Å². The van der Waals surface area contributed by atoms with E-state index in [9.17, 15) is 13.2 Å². The normalized spacial score (nSPS) is 16.4. The van der Waals surface area contributed by atoms with Gasteiger partial charge in [-0.25, -0.2) is 8.42 Å². The van der Waals surface area contributed by atoms with Gasteiger partial charge in [-0.15, -0.1) is 0 Å². The summed E-state index contributed by atoms with van der Waals surface area (Å²) in [5.74, 6) is 0.275. The molecule has 0 spiro atoms. The summed E-state index contributed by atoms with van der Waals surface area (Å²) in [4.78, 5) is 12.8. The van der Waals surface area contributed by atoms with Gasteiger partial charge in [0.2, 0.25) is 0 Å². The molecule has 156 valence electrons. The average molecular weight is 419 g/mol. The minimum atomic E-state index is -3.89. The number of amides is 1. The van der Waals surface area contributed by atoms with E-state index >= 15 is 0 Å². The van der Waals surface area contributed by atoms with Gasteiger partial charge in [0, 0.05) is 13.2 Å². The van der Waals surface area contributed by atoms with Crippen molar-refractivity contribution in [1.29, 1.82) is 0 Å². The predicted octanol–water partition coefficient (Wildman–Crippen LogP) is 3.02. The highest BCUT2D eigenvalue weighted by Gasteiger charge is 2.23. The van der Waals surface area contributed by atoms with Crippen molar-refractivity contribution in [2.24, 2.45) is 0 Å². The molecular formula is C21H26N2O5S. The first-order valence-corrected chi connectivity index (χ1v) is 11.0. The molecule has 0 aliphatic carbocycles. The molecule has 2 N–H and O–H groups in total. The van der Waals surface area contributed by atoms with Crippen molar-refractivity contribution in [1.82, 2.24) is 5.32 Å². The third-order valence-corrected chi connectivity index (χ3v) is 6.64. The molecule has 3 rings (SSSR count). The number of sulfonamides is 1. The van der Waals surface area contributed by atoms with Gasteiger partial charge in [-0.3, -0.25) is 9.52 Å². The number of rotatable bonds is 7. The van der Waals surface area contributed by atoms with Gasteiger partial charge in [0.1, 0.15) is 5.75 Å². The van der Waals surface area contributed by atoms with E-state index in [2.05, 4.69) is 10.0 Å². The predicted molar refractivity (Wildman–Crippen MR) is 111 cm³/mol. The van der Waals surface area contributed by atoms with Gasteiger partial charge in [-0.05, 0) is 62.1 Å². The van der Waals surface area contributed by atoms with Crippen molar-refractivity contribution in [3.05, 3.63) is 53.1 Å². The van der Waals surface area contributed by atoms with E-state index < -0.39 is 10.0 Å². The summed E-state index contributed by atoms with van der Waals surface area (Å²) >= 11 is 0. The smallest absolute Gasteiger partial charge is 0.262 e. The van der Waals surface area contributed by atoms with Gasteiger partial charge in [0.05, 0.1) is 29.4 Å². The molecule has 8 heteroatoms. The lowest BCUT2D eigenvalue weighted by molar-refractivity contribution is 0.0858. The van der Waals surface area contributed by atoms with E-state index in [-0.39, 0.29) is 28.2 Å². The monoisotopic (exact) mass is 418 g/mol. The summed E-state index contributed by atoms with van der Waals surface area (Å²) in [5.41, 5.74) is 1.83. The van der Waals surface area contributed by atoms with Gasteiger partial charge in [0.15, 0.2) is 0 Å². The Kier molecular flexibility index (Phi) is 6.44. The van der Waals surface area contributed by atoms with Crippen molar-refractivity contribution >= 4 is 21.6 Å². The van der Waals surface area contributed by atoms with Gasteiger partial charge in [-0.1, -0.05) is 12.1 Å². The number of nitrogens with one attached hydrogen (secondary N) is 2. The van der Waals surface area contributed by atoms with Crippen molar-refractivity contribution in [2.45, 2.75) is 37.7 Å². The van der Waals surface area contributed by atoms with Crippen LogP contribution in [0.5, 0.6) is 5.75 Å². The fourth-order valence-electron chi connectivity index (χ4n) is 3.36. The molecule has 2 aromatic rings. The summed E-state index contributed by atoms with van der Waals surface area (Å²) in [6.45, 7) is 4.64. The van der Waals surface area contributed by atoms with Crippen molar-refractivity contribution in [2.75, 3.05) is 25.0 Å². The second kappa shape index (κ2) is 8.84. The number of ether oxygens (including phenoxy) is 2. The number of anilines is 1. The maximum Gasteiger partial charge on any atom is 0.262 e. The van der Waals surface area contributed by atoms with Gasteiger partial charge in [0.25, 0.3) is 15.9 Å². The maximum atomic E-state index is 13.0. The third-order valence-electron chi connectivity index (χ3n) is 5.13. The molecule has 29 heavy (non-hydrogen) atoms. The van der Waals surface area contributed by atoms with Crippen LogP contribution in [0.1, 0.15) is 34.3 Å². The highest BCUT2D eigenvalue weighted by Crippen LogP contribution is 2.29. The fraction of sp³-hybridized carbons (Fsp3) is 0.381. The van der Waals surface area contributed by atoms with Crippen molar-refractivity contribution in [3.63, 3.8) is 0 Å². The first-order valence-electron chi connectivity index (χ1n) is 9.49. The number of hydrogen-bond acceptors (Lipinski definition) is 5. The Morgan fingerprint density at radius 3 is 2.62 bits per heavy atom. The Morgan fingerprint density at radius 1 is 1.17 bits per heavy atom. The standard InChI is InChI=1S/C21H26N2O5S/c1-14-15(2)20(11-10-19(14)27-3)29(25,26)23-18-9-5-4-8-17(18)21(24)22-13-16-7-6-12-28-16/h4-5,8-11,16,23H,6-7,12-13H2,1-3H3,(H,22,24). The molecule has 1 aliphatic rings. The SMILES string of the molecule is COc1ccc(S(=O)(=O)Nc2ccccc2C(=O)NCC2CCCO2)c(C)c1C. The van der Waals surface area contributed by atoms with Crippen LogP contribution >= 0.6 is 0 Å². The fourth-order valence-corrected chi connectivity index (χ4v) is 4.74. The van der Waals surface area contributed by atoms with Crippen LogP contribution in [0.3, 0.4) is 0 Å². The number of hydrogen-bond donors (Lipinski definition) is 2. The molecule has 2 aromatic carbocycles. The van der Waals surface area contributed by atoms with E-state index in [1.807, 2.05) is 0 Å². The Morgan fingerprint density at radius 2 is 1.93 bits per heavy atom. The molecule has 1 heterocycles. The molecule has 1 atom stereocenters. The Balaban J connectivity index is 1.83. The molecule has 1 fully saturated rings. The van der Waals surface area contributed by atoms with Crippen LogP contribution in [-0.4, -0.2) is 40.7 Å². The van der Waals surface area contributed by atoms with Crippen LogP contribution in [0.4, 0.5) is 5.69 Å². The first-order chi connectivity index (χ1) is 13.8. The number of para-hydroxylation sites is 1. The molecule has 1 saturated heterocycles. The van der Waals surface area contributed by atoms with E-state index in [1.165, 1.54) is 6.07 Å². The minimum absolute atomic E-state index is 0.00716. The summed E-state index contributed by atoms with van der Waals surface area (Å²) in [6.07, 6.45) is 1.90. The van der Waals surface area contributed by atoms with E-state index in [4.69, 9.17) is 9.47 Å². The second-order valence-electron chi connectivity index (χ2n) is 7.01. The van der Waals surface area contributed by atoms with Crippen LogP contribution < -0.4 is 14.8 Å². The minimum Gasteiger partial charge on any atom is -0.496 e. The molecule has 0 saturated carbocycles. The second-order valence-corrected chi connectivity index (χ2v) is 8.66. The van der Waals surface area contributed by atoms with Gasteiger partial charge >= 0.3 is 0 Å². The highest BCUT2D eigenvalue weighted by atomic mass is 32.2. The molecular weight excluding hydrogens is 392 g/mol. The lowest BCUT2D eigenvalue weighted by Crippen LogP contribution is -2.32. The maximum absolute atomic E-state index is 13.0. The largest absolute Gasteiger partial charge is 0.496 e. The van der Waals surface area contributed by atoms with E-state index in [0.29, 0.717) is 24.5 Å². The van der Waals surface area contributed by atoms with E-state index in [0.717, 1.165) is 18.4 Å².